The zero-order valence-corrected chi connectivity index (χ0v) is 18.3. The first kappa shape index (κ1) is 20.7. The van der Waals surface area contributed by atoms with Gasteiger partial charge in [0.1, 0.15) is 0 Å². The third-order valence-corrected chi connectivity index (χ3v) is 6.59. The fourth-order valence-corrected chi connectivity index (χ4v) is 4.63. The smallest absolute Gasteiger partial charge is 0.253 e. The lowest BCUT2D eigenvalue weighted by atomic mass is 9.94. The summed E-state index contributed by atoms with van der Waals surface area (Å²) in [7, 11) is 2.10. The molecule has 0 atom stereocenters. The average Bonchev–Trinajstić information content (AvgIpc) is 3.11. The number of likely N-dealkylation sites (tertiary alicyclic amines) is 1. The first-order chi connectivity index (χ1) is 14.4. The number of piperidine rings is 1. The molecule has 0 saturated carbocycles. The van der Waals surface area contributed by atoms with Crippen molar-refractivity contribution in [1.29, 1.82) is 0 Å². The van der Waals surface area contributed by atoms with Gasteiger partial charge in [0.25, 0.3) is 5.91 Å². The molecule has 2 aromatic rings. The number of aromatic nitrogens is 1. The first-order valence-corrected chi connectivity index (χ1v) is 11.0. The molecule has 2 fully saturated rings. The Hall–Kier alpha value is -2.60. The van der Waals surface area contributed by atoms with Gasteiger partial charge in [0.15, 0.2) is 0 Å². The van der Waals surface area contributed by atoms with Crippen LogP contribution in [0.3, 0.4) is 0 Å². The number of hydrogen-bond acceptors (Lipinski definition) is 3. The van der Waals surface area contributed by atoms with Crippen LogP contribution in [0.25, 0.3) is 5.69 Å². The highest BCUT2D eigenvalue weighted by Gasteiger charge is 2.31. The quantitative estimate of drug-likeness (QED) is 0.785. The number of carbonyl (C=O) groups is 2. The summed E-state index contributed by atoms with van der Waals surface area (Å²) in [4.78, 5) is 31.9. The fourth-order valence-electron chi connectivity index (χ4n) is 4.63. The molecule has 2 aliphatic heterocycles. The average molecular weight is 409 g/mol. The van der Waals surface area contributed by atoms with Crippen molar-refractivity contribution in [2.75, 3.05) is 46.3 Å². The number of hydrogen-bond donors (Lipinski definition) is 0. The summed E-state index contributed by atoms with van der Waals surface area (Å²) in [5.74, 6) is 0.393. The van der Waals surface area contributed by atoms with E-state index in [0.717, 1.165) is 44.7 Å². The van der Waals surface area contributed by atoms with E-state index in [1.807, 2.05) is 34.1 Å². The van der Waals surface area contributed by atoms with E-state index in [1.165, 1.54) is 11.4 Å². The van der Waals surface area contributed by atoms with Gasteiger partial charge in [-0.1, -0.05) is 0 Å². The van der Waals surface area contributed by atoms with Crippen LogP contribution in [0.2, 0.25) is 0 Å². The van der Waals surface area contributed by atoms with E-state index >= 15 is 0 Å². The normalized spacial score (nSPS) is 18.6. The lowest BCUT2D eigenvalue weighted by Gasteiger charge is -2.37. The second-order valence-corrected chi connectivity index (χ2v) is 8.69. The number of rotatable bonds is 3. The second kappa shape index (κ2) is 8.64. The highest BCUT2D eigenvalue weighted by atomic mass is 16.2. The minimum Gasteiger partial charge on any atom is -0.340 e. The molecule has 2 aliphatic rings. The van der Waals surface area contributed by atoms with Gasteiger partial charge in [-0.3, -0.25) is 9.59 Å². The Kier molecular flexibility index (Phi) is 5.95. The Balaban J connectivity index is 1.35. The Labute approximate surface area is 179 Å². The van der Waals surface area contributed by atoms with Gasteiger partial charge in [-0.2, -0.15) is 0 Å². The Morgan fingerprint density at radius 2 is 1.33 bits per heavy atom. The maximum absolute atomic E-state index is 13.0. The molecule has 2 amide bonds. The second-order valence-electron chi connectivity index (χ2n) is 8.69. The van der Waals surface area contributed by atoms with E-state index in [4.69, 9.17) is 0 Å². The van der Waals surface area contributed by atoms with Gasteiger partial charge >= 0.3 is 0 Å². The van der Waals surface area contributed by atoms with Crippen LogP contribution < -0.4 is 0 Å². The number of nitrogens with zero attached hydrogens (tertiary/aromatic N) is 4. The van der Waals surface area contributed by atoms with Gasteiger partial charge in [0, 0.05) is 67.8 Å². The maximum atomic E-state index is 13.0. The van der Waals surface area contributed by atoms with E-state index in [0.29, 0.717) is 18.7 Å². The van der Waals surface area contributed by atoms with Crippen molar-refractivity contribution in [3.63, 3.8) is 0 Å². The van der Waals surface area contributed by atoms with Gasteiger partial charge in [-0.05, 0) is 70.1 Å². The van der Waals surface area contributed by atoms with E-state index in [2.05, 4.69) is 42.5 Å². The molecule has 0 radical (unpaired) electrons. The van der Waals surface area contributed by atoms with Crippen LogP contribution in [0, 0.1) is 19.8 Å². The molecule has 0 N–H and O–H groups in total. The molecule has 0 unspecified atom stereocenters. The third kappa shape index (κ3) is 4.15. The summed E-state index contributed by atoms with van der Waals surface area (Å²) >= 11 is 0. The van der Waals surface area contributed by atoms with Crippen molar-refractivity contribution in [2.24, 2.45) is 5.92 Å². The summed E-state index contributed by atoms with van der Waals surface area (Å²) < 4.78 is 2.18. The van der Waals surface area contributed by atoms with Crippen molar-refractivity contribution < 1.29 is 9.59 Å². The standard InChI is InChI=1S/C24H32N4O2/c1-18-4-5-19(2)28(18)22-8-6-20(7-9-22)23(29)26-12-10-21(11-13-26)24(30)27-16-14-25(3)15-17-27/h4-9,21H,10-17H2,1-3H3. The molecule has 3 heterocycles. The predicted octanol–water partition coefficient (Wildman–Crippen LogP) is 2.72. The topological polar surface area (TPSA) is 48.8 Å². The zero-order valence-electron chi connectivity index (χ0n) is 18.3. The Bertz CT molecular complexity index is 882. The number of piperazine rings is 1. The van der Waals surface area contributed by atoms with Crippen molar-refractivity contribution in [1.82, 2.24) is 19.3 Å². The number of amides is 2. The Morgan fingerprint density at radius 1 is 0.767 bits per heavy atom. The van der Waals surface area contributed by atoms with Crippen LogP contribution in [-0.2, 0) is 4.79 Å². The summed E-state index contributed by atoms with van der Waals surface area (Å²) in [5.41, 5.74) is 4.14. The largest absolute Gasteiger partial charge is 0.340 e. The van der Waals surface area contributed by atoms with E-state index < -0.39 is 0 Å². The number of carbonyl (C=O) groups excluding carboxylic acids is 2. The van der Waals surface area contributed by atoms with Crippen LogP contribution in [0.1, 0.15) is 34.6 Å². The van der Waals surface area contributed by atoms with Gasteiger partial charge in [0.05, 0.1) is 0 Å². The molecule has 6 nitrogen and oxygen atoms in total. The molecule has 4 rings (SSSR count). The minimum absolute atomic E-state index is 0.0551. The van der Waals surface area contributed by atoms with Gasteiger partial charge in [-0.25, -0.2) is 0 Å². The van der Waals surface area contributed by atoms with Crippen LogP contribution >= 0.6 is 0 Å². The zero-order chi connectivity index (χ0) is 21.3. The highest BCUT2D eigenvalue weighted by Crippen LogP contribution is 2.23. The third-order valence-electron chi connectivity index (χ3n) is 6.59. The molecule has 6 heteroatoms. The molecule has 0 bridgehead atoms. The lowest BCUT2D eigenvalue weighted by molar-refractivity contribution is -0.138. The van der Waals surface area contributed by atoms with Crippen LogP contribution in [-0.4, -0.2) is 77.4 Å². The number of aryl methyl sites for hydroxylation is 2. The number of benzene rings is 1. The molecular formula is C24H32N4O2. The summed E-state index contributed by atoms with van der Waals surface area (Å²) in [6, 6.07) is 12.0. The van der Waals surface area contributed by atoms with Crippen LogP contribution in [0.5, 0.6) is 0 Å². The molecule has 30 heavy (non-hydrogen) atoms. The van der Waals surface area contributed by atoms with Gasteiger partial charge in [0.2, 0.25) is 5.91 Å². The summed E-state index contributed by atoms with van der Waals surface area (Å²) in [6.07, 6.45) is 1.52. The van der Waals surface area contributed by atoms with Crippen molar-refractivity contribution in [3.05, 3.63) is 53.3 Å². The van der Waals surface area contributed by atoms with E-state index in [-0.39, 0.29) is 17.7 Å². The molecule has 1 aromatic heterocycles. The molecule has 0 spiro atoms. The summed E-state index contributed by atoms with van der Waals surface area (Å²) in [5, 5.41) is 0. The molecule has 160 valence electrons. The summed E-state index contributed by atoms with van der Waals surface area (Å²) in [6.45, 7) is 9.00. The first-order valence-electron chi connectivity index (χ1n) is 11.0. The lowest BCUT2D eigenvalue weighted by Crippen LogP contribution is -2.51. The Morgan fingerprint density at radius 3 is 1.90 bits per heavy atom. The van der Waals surface area contributed by atoms with Crippen LogP contribution in [0.4, 0.5) is 0 Å². The molecule has 1 aromatic carbocycles. The molecule has 2 saturated heterocycles. The minimum atomic E-state index is 0.0551. The monoisotopic (exact) mass is 408 g/mol. The maximum Gasteiger partial charge on any atom is 0.253 e. The molecular weight excluding hydrogens is 376 g/mol. The van der Waals surface area contributed by atoms with Crippen molar-refractivity contribution >= 4 is 11.8 Å². The van der Waals surface area contributed by atoms with Gasteiger partial charge < -0.3 is 19.3 Å². The van der Waals surface area contributed by atoms with Crippen molar-refractivity contribution in [3.8, 4) is 5.69 Å². The SMILES string of the molecule is Cc1ccc(C)n1-c1ccc(C(=O)N2CCC(C(=O)N3CCN(C)CC3)CC2)cc1. The fraction of sp³-hybridized carbons (Fsp3) is 0.500. The van der Waals surface area contributed by atoms with E-state index in [1.54, 1.807) is 0 Å². The van der Waals surface area contributed by atoms with E-state index in [9.17, 15) is 9.59 Å². The van der Waals surface area contributed by atoms with Crippen molar-refractivity contribution in [2.45, 2.75) is 26.7 Å². The number of likely N-dealkylation sites (N-methyl/N-ethyl adjacent to an activating group) is 1. The highest BCUT2D eigenvalue weighted by molar-refractivity contribution is 5.94. The molecule has 0 aliphatic carbocycles. The predicted molar refractivity (Wildman–Crippen MR) is 118 cm³/mol. The van der Waals surface area contributed by atoms with Crippen LogP contribution in [0.15, 0.2) is 36.4 Å². The van der Waals surface area contributed by atoms with Gasteiger partial charge in [-0.15, -0.1) is 0 Å².